The van der Waals surface area contributed by atoms with Crippen LogP contribution in [0.25, 0.3) is 0 Å². The van der Waals surface area contributed by atoms with Gasteiger partial charge in [0.25, 0.3) is 0 Å². The summed E-state index contributed by atoms with van der Waals surface area (Å²) in [6.45, 7) is 4.98. The first-order valence-corrected chi connectivity index (χ1v) is 6.74. The highest BCUT2D eigenvalue weighted by atomic mass is 16.5. The topological polar surface area (TPSA) is 44.5 Å². The maximum Gasteiger partial charge on any atom is 0.124 e. The Morgan fingerprint density at radius 1 is 1.22 bits per heavy atom. The first-order chi connectivity index (χ1) is 8.74. The maximum absolute atomic E-state index is 6.17. The highest BCUT2D eigenvalue weighted by molar-refractivity contribution is 5.35. The average Bonchev–Trinajstić information content (AvgIpc) is 2.43. The molecular weight excluding hydrogens is 226 g/mol. The highest BCUT2D eigenvalue weighted by Crippen LogP contribution is 2.30. The molecule has 0 heterocycles. The van der Waals surface area contributed by atoms with Crippen LogP contribution in [-0.2, 0) is 4.74 Å². The fourth-order valence-corrected chi connectivity index (χ4v) is 1.91. The van der Waals surface area contributed by atoms with Crippen molar-refractivity contribution in [1.29, 1.82) is 0 Å². The zero-order valence-electron chi connectivity index (χ0n) is 11.7. The van der Waals surface area contributed by atoms with Crippen molar-refractivity contribution in [2.24, 2.45) is 5.73 Å². The Labute approximate surface area is 110 Å². The second-order valence-corrected chi connectivity index (χ2v) is 4.46. The fourth-order valence-electron chi connectivity index (χ4n) is 1.91. The van der Waals surface area contributed by atoms with Crippen LogP contribution in [0.3, 0.4) is 0 Å². The number of nitrogens with two attached hydrogens (primary N) is 1. The number of rotatable bonds is 8. The summed E-state index contributed by atoms with van der Waals surface area (Å²) in [4.78, 5) is 0. The van der Waals surface area contributed by atoms with Crippen molar-refractivity contribution in [3.63, 3.8) is 0 Å². The third-order valence-corrected chi connectivity index (χ3v) is 3.10. The Balaban J connectivity index is 2.86. The second-order valence-electron chi connectivity index (χ2n) is 4.46. The lowest BCUT2D eigenvalue weighted by atomic mass is 10.00. The molecule has 0 amide bonds. The van der Waals surface area contributed by atoms with Gasteiger partial charge in [-0.15, -0.1) is 0 Å². The van der Waals surface area contributed by atoms with E-state index in [0.29, 0.717) is 0 Å². The van der Waals surface area contributed by atoms with Gasteiger partial charge in [0.05, 0.1) is 7.11 Å². The number of methoxy groups -OCH3 is 1. The van der Waals surface area contributed by atoms with Crippen molar-refractivity contribution in [3.05, 3.63) is 29.8 Å². The molecule has 18 heavy (non-hydrogen) atoms. The van der Waals surface area contributed by atoms with E-state index in [2.05, 4.69) is 13.8 Å². The van der Waals surface area contributed by atoms with Crippen LogP contribution in [0.15, 0.2) is 24.3 Å². The molecule has 2 N–H and O–H groups in total. The lowest BCUT2D eigenvalue weighted by Gasteiger charge is -2.25. The van der Waals surface area contributed by atoms with Gasteiger partial charge in [0, 0.05) is 18.2 Å². The first-order valence-electron chi connectivity index (χ1n) is 6.74. The Bertz CT molecular complexity index is 341. The molecule has 0 aromatic heterocycles. The van der Waals surface area contributed by atoms with Gasteiger partial charge in [-0.3, -0.25) is 0 Å². The van der Waals surface area contributed by atoms with Crippen molar-refractivity contribution in [2.45, 2.75) is 45.3 Å². The van der Waals surface area contributed by atoms with E-state index in [-0.39, 0.29) is 12.1 Å². The Morgan fingerprint density at radius 3 is 2.56 bits per heavy atom. The molecule has 0 saturated heterocycles. The van der Waals surface area contributed by atoms with Crippen LogP contribution in [0.5, 0.6) is 5.75 Å². The SMILES string of the molecule is CCCCOC(c1ccccc1OC)C(N)CC. The summed E-state index contributed by atoms with van der Waals surface area (Å²) in [5, 5.41) is 0. The third kappa shape index (κ3) is 4.00. The molecule has 102 valence electrons. The summed E-state index contributed by atoms with van der Waals surface area (Å²) in [6.07, 6.45) is 2.98. The molecule has 3 nitrogen and oxygen atoms in total. The first kappa shape index (κ1) is 15.0. The highest BCUT2D eigenvalue weighted by Gasteiger charge is 2.22. The van der Waals surface area contributed by atoms with Crippen molar-refractivity contribution >= 4 is 0 Å². The van der Waals surface area contributed by atoms with E-state index in [9.17, 15) is 0 Å². The molecule has 0 radical (unpaired) electrons. The van der Waals surface area contributed by atoms with Crippen LogP contribution in [0.2, 0.25) is 0 Å². The van der Waals surface area contributed by atoms with E-state index in [1.165, 1.54) is 0 Å². The van der Waals surface area contributed by atoms with Crippen molar-refractivity contribution in [3.8, 4) is 5.75 Å². The molecule has 0 fully saturated rings. The summed E-state index contributed by atoms with van der Waals surface area (Å²) >= 11 is 0. The van der Waals surface area contributed by atoms with Gasteiger partial charge in [-0.1, -0.05) is 38.5 Å². The molecule has 1 rings (SSSR count). The van der Waals surface area contributed by atoms with E-state index < -0.39 is 0 Å². The lowest BCUT2D eigenvalue weighted by molar-refractivity contribution is 0.0303. The van der Waals surface area contributed by atoms with Crippen LogP contribution in [0.1, 0.15) is 44.8 Å². The predicted molar refractivity (Wildman–Crippen MR) is 74.9 cm³/mol. The molecule has 2 atom stereocenters. The predicted octanol–water partition coefficient (Wildman–Crippen LogP) is 3.29. The molecule has 0 spiro atoms. The van der Waals surface area contributed by atoms with Gasteiger partial charge in [0.2, 0.25) is 0 Å². The molecule has 0 aliphatic carbocycles. The maximum atomic E-state index is 6.17. The van der Waals surface area contributed by atoms with Crippen LogP contribution < -0.4 is 10.5 Å². The quantitative estimate of drug-likeness (QED) is 0.721. The number of hydrogen-bond acceptors (Lipinski definition) is 3. The molecule has 0 aliphatic rings. The molecule has 2 unspecified atom stereocenters. The minimum atomic E-state index is -0.0855. The third-order valence-electron chi connectivity index (χ3n) is 3.10. The van der Waals surface area contributed by atoms with Gasteiger partial charge >= 0.3 is 0 Å². The minimum Gasteiger partial charge on any atom is -0.496 e. The molecule has 3 heteroatoms. The van der Waals surface area contributed by atoms with Crippen molar-refractivity contribution < 1.29 is 9.47 Å². The van der Waals surface area contributed by atoms with E-state index >= 15 is 0 Å². The Kier molecular flexibility index (Phi) is 6.76. The van der Waals surface area contributed by atoms with Crippen LogP contribution in [-0.4, -0.2) is 19.8 Å². The van der Waals surface area contributed by atoms with Gasteiger partial charge in [0.1, 0.15) is 11.9 Å². The molecular formula is C15H25NO2. The summed E-state index contributed by atoms with van der Waals surface area (Å²) in [5.74, 6) is 0.850. The number of benzene rings is 1. The van der Waals surface area contributed by atoms with Gasteiger partial charge in [-0.05, 0) is 18.9 Å². The summed E-state index contributed by atoms with van der Waals surface area (Å²) in [7, 11) is 1.68. The van der Waals surface area contributed by atoms with Gasteiger partial charge in [-0.2, -0.15) is 0 Å². The average molecular weight is 251 g/mol. The Morgan fingerprint density at radius 2 is 1.94 bits per heavy atom. The van der Waals surface area contributed by atoms with Gasteiger partial charge in [-0.25, -0.2) is 0 Å². The van der Waals surface area contributed by atoms with Crippen molar-refractivity contribution in [1.82, 2.24) is 0 Å². The molecule has 1 aromatic carbocycles. The lowest BCUT2D eigenvalue weighted by Crippen LogP contribution is -2.30. The minimum absolute atomic E-state index is 0.00171. The number of unbranched alkanes of at least 4 members (excludes halogenated alkanes) is 1. The standard InChI is InChI=1S/C15H25NO2/c1-4-6-11-18-15(13(16)5-2)12-9-7-8-10-14(12)17-3/h7-10,13,15H,4-6,11,16H2,1-3H3. The fraction of sp³-hybridized carbons (Fsp3) is 0.600. The monoisotopic (exact) mass is 251 g/mol. The molecule has 1 aromatic rings. The summed E-state index contributed by atoms with van der Waals surface area (Å²) in [5.41, 5.74) is 7.22. The number of ether oxygens (including phenoxy) is 2. The Hall–Kier alpha value is -1.06. The van der Waals surface area contributed by atoms with Gasteiger partial charge < -0.3 is 15.2 Å². The summed E-state index contributed by atoms with van der Waals surface area (Å²) < 4.78 is 11.4. The van der Waals surface area contributed by atoms with E-state index in [1.54, 1.807) is 7.11 Å². The smallest absolute Gasteiger partial charge is 0.124 e. The zero-order valence-corrected chi connectivity index (χ0v) is 11.7. The number of hydrogen-bond donors (Lipinski definition) is 1. The second kappa shape index (κ2) is 8.11. The van der Waals surface area contributed by atoms with Crippen LogP contribution in [0, 0.1) is 0 Å². The summed E-state index contributed by atoms with van der Waals surface area (Å²) in [6, 6.07) is 7.94. The molecule has 0 saturated carbocycles. The number of para-hydroxylation sites is 1. The van der Waals surface area contributed by atoms with Crippen LogP contribution in [0.4, 0.5) is 0 Å². The largest absolute Gasteiger partial charge is 0.496 e. The van der Waals surface area contributed by atoms with Crippen LogP contribution >= 0.6 is 0 Å². The normalized spacial score (nSPS) is 14.2. The van der Waals surface area contributed by atoms with E-state index in [1.807, 2.05) is 24.3 Å². The van der Waals surface area contributed by atoms with Crippen molar-refractivity contribution in [2.75, 3.05) is 13.7 Å². The van der Waals surface area contributed by atoms with E-state index in [4.69, 9.17) is 15.2 Å². The molecule has 0 aliphatic heterocycles. The van der Waals surface area contributed by atoms with E-state index in [0.717, 1.165) is 37.2 Å². The van der Waals surface area contributed by atoms with Gasteiger partial charge in [0.15, 0.2) is 0 Å². The molecule has 0 bridgehead atoms. The zero-order chi connectivity index (χ0) is 13.4.